The van der Waals surface area contributed by atoms with Crippen LogP contribution in [0.4, 0.5) is 5.69 Å². The summed E-state index contributed by atoms with van der Waals surface area (Å²) >= 11 is 0. The van der Waals surface area contributed by atoms with Crippen molar-refractivity contribution in [2.24, 2.45) is 5.92 Å². The van der Waals surface area contributed by atoms with Crippen molar-refractivity contribution >= 4 is 17.2 Å². The van der Waals surface area contributed by atoms with Crippen LogP contribution in [0.1, 0.15) is 22.6 Å². The third kappa shape index (κ3) is 3.05. The lowest BCUT2D eigenvalue weighted by molar-refractivity contribution is 0.0770. The van der Waals surface area contributed by atoms with Crippen molar-refractivity contribution in [3.8, 4) is 0 Å². The molecule has 1 amide bonds. The van der Waals surface area contributed by atoms with Crippen LogP contribution in [0.15, 0.2) is 54.7 Å². The van der Waals surface area contributed by atoms with Crippen molar-refractivity contribution in [3.05, 3.63) is 66.1 Å². The highest BCUT2D eigenvalue weighted by molar-refractivity contribution is 5.94. The molecule has 4 rings (SSSR count). The van der Waals surface area contributed by atoms with E-state index in [9.17, 15) is 4.79 Å². The number of carbonyl (C=O) groups excluding carboxylic acids is 1. The zero-order chi connectivity index (χ0) is 18.1. The van der Waals surface area contributed by atoms with Crippen molar-refractivity contribution in [2.45, 2.75) is 13.3 Å². The summed E-state index contributed by atoms with van der Waals surface area (Å²) in [4.78, 5) is 21.7. The van der Waals surface area contributed by atoms with Gasteiger partial charge in [0.15, 0.2) is 0 Å². The molecule has 134 valence electrons. The van der Waals surface area contributed by atoms with E-state index < -0.39 is 0 Å². The van der Waals surface area contributed by atoms with E-state index in [2.05, 4.69) is 34.1 Å². The molecule has 0 aliphatic carbocycles. The highest BCUT2D eigenvalue weighted by Crippen LogP contribution is 2.24. The van der Waals surface area contributed by atoms with E-state index in [0.717, 1.165) is 37.4 Å². The lowest BCUT2D eigenvalue weighted by Crippen LogP contribution is -2.33. The molecule has 1 aliphatic rings. The van der Waals surface area contributed by atoms with Gasteiger partial charge in [0.25, 0.3) is 5.91 Å². The van der Waals surface area contributed by atoms with Crippen molar-refractivity contribution in [1.29, 1.82) is 0 Å². The number of imidazole rings is 1. The van der Waals surface area contributed by atoms with E-state index in [1.54, 1.807) is 0 Å². The first-order chi connectivity index (χ1) is 12.6. The molecule has 3 aromatic rings. The zero-order valence-corrected chi connectivity index (χ0v) is 15.3. The number of rotatable bonds is 4. The van der Waals surface area contributed by atoms with Crippen LogP contribution in [0.2, 0.25) is 0 Å². The average molecular weight is 348 g/mol. The molecule has 1 fully saturated rings. The van der Waals surface area contributed by atoms with Crippen molar-refractivity contribution in [1.82, 2.24) is 14.3 Å². The Morgan fingerprint density at radius 1 is 1.19 bits per heavy atom. The quantitative estimate of drug-likeness (QED) is 0.727. The lowest BCUT2D eigenvalue weighted by Gasteiger charge is -2.22. The molecule has 2 aromatic heterocycles. The smallest absolute Gasteiger partial charge is 0.274 e. The number of nitrogens with zero attached hydrogens (tertiary/aromatic N) is 4. The Kier molecular flexibility index (Phi) is 4.37. The lowest BCUT2D eigenvalue weighted by atomic mass is 10.1. The number of benzene rings is 1. The zero-order valence-electron chi connectivity index (χ0n) is 15.3. The van der Waals surface area contributed by atoms with Crippen molar-refractivity contribution < 1.29 is 4.79 Å². The molecule has 1 unspecified atom stereocenters. The van der Waals surface area contributed by atoms with Gasteiger partial charge < -0.3 is 14.2 Å². The number of pyridine rings is 1. The first-order valence-electron chi connectivity index (χ1n) is 9.12. The molecule has 1 saturated heterocycles. The number of aromatic nitrogens is 2. The fourth-order valence-corrected chi connectivity index (χ4v) is 3.83. The molecule has 0 radical (unpaired) electrons. The number of anilines is 1. The Morgan fingerprint density at radius 2 is 1.96 bits per heavy atom. The van der Waals surface area contributed by atoms with Gasteiger partial charge in [-0.2, -0.15) is 0 Å². The maximum absolute atomic E-state index is 12.9. The van der Waals surface area contributed by atoms with Crippen LogP contribution in [-0.2, 0) is 0 Å². The first kappa shape index (κ1) is 16.6. The second kappa shape index (κ2) is 6.83. The van der Waals surface area contributed by atoms with Crippen LogP contribution in [0, 0.1) is 12.8 Å². The van der Waals surface area contributed by atoms with Crippen molar-refractivity contribution in [2.75, 3.05) is 31.6 Å². The predicted octanol–water partition coefficient (Wildman–Crippen LogP) is 3.24. The Bertz CT molecular complexity index is 918. The number of aryl methyl sites for hydroxylation is 1. The third-order valence-corrected chi connectivity index (χ3v) is 5.26. The maximum atomic E-state index is 12.9. The number of carbonyl (C=O) groups is 1. The fourth-order valence-electron chi connectivity index (χ4n) is 3.83. The highest BCUT2D eigenvalue weighted by atomic mass is 16.2. The van der Waals surface area contributed by atoms with E-state index >= 15 is 0 Å². The molecular weight excluding hydrogens is 324 g/mol. The minimum absolute atomic E-state index is 0.00404. The van der Waals surface area contributed by atoms with Crippen LogP contribution in [0.3, 0.4) is 0 Å². The van der Waals surface area contributed by atoms with Crippen LogP contribution >= 0.6 is 0 Å². The Labute approximate surface area is 153 Å². The number of hydrogen-bond donors (Lipinski definition) is 0. The van der Waals surface area contributed by atoms with Gasteiger partial charge in [0.1, 0.15) is 11.3 Å². The summed E-state index contributed by atoms with van der Waals surface area (Å²) in [6.07, 6.45) is 3.06. The van der Waals surface area contributed by atoms with Gasteiger partial charge in [-0.25, -0.2) is 4.98 Å². The minimum atomic E-state index is 0.00404. The molecule has 3 heterocycles. The van der Waals surface area contributed by atoms with Crippen LogP contribution in [0.5, 0.6) is 0 Å². The van der Waals surface area contributed by atoms with Crippen LogP contribution < -0.4 is 4.90 Å². The normalized spacial score (nSPS) is 17.0. The van der Waals surface area contributed by atoms with Gasteiger partial charge >= 0.3 is 0 Å². The molecule has 5 heteroatoms. The van der Waals surface area contributed by atoms with Gasteiger partial charge in [0.2, 0.25) is 0 Å². The highest BCUT2D eigenvalue weighted by Gasteiger charge is 2.27. The van der Waals surface area contributed by atoms with Gasteiger partial charge in [-0.15, -0.1) is 0 Å². The Hall–Kier alpha value is -2.82. The van der Waals surface area contributed by atoms with Crippen LogP contribution in [-0.4, -0.2) is 46.9 Å². The summed E-state index contributed by atoms with van der Waals surface area (Å²) < 4.78 is 1.97. The summed E-state index contributed by atoms with van der Waals surface area (Å²) in [5.74, 6) is 0.492. The van der Waals surface area contributed by atoms with E-state index in [0.29, 0.717) is 11.6 Å². The topological polar surface area (TPSA) is 40.9 Å². The molecule has 0 spiro atoms. The SMILES string of the molecule is Cc1c(C(=O)N(C)CC2CCN(c3ccccc3)C2)nc2ccccn12. The van der Waals surface area contributed by atoms with Gasteiger partial charge in [-0.05, 0) is 43.5 Å². The van der Waals surface area contributed by atoms with E-state index in [1.165, 1.54) is 5.69 Å². The van der Waals surface area contributed by atoms with Crippen LogP contribution in [0.25, 0.3) is 5.65 Å². The number of fused-ring (bicyclic) bond motifs is 1. The first-order valence-corrected chi connectivity index (χ1v) is 9.12. The fraction of sp³-hybridized carbons (Fsp3) is 0.333. The molecular formula is C21H24N4O. The van der Waals surface area contributed by atoms with E-state index in [1.807, 2.05) is 53.7 Å². The second-order valence-corrected chi connectivity index (χ2v) is 7.10. The van der Waals surface area contributed by atoms with Gasteiger partial charge in [0.05, 0.1) is 5.69 Å². The molecule has 0 saturated carbocycles. The number of para-hydroxylation sites is 1. The Morgan fingerprint density at radius 3 is 2.73 bits per heavy atom. The van der Waals surface area contributed by atoms with E-state index in [-0.39, 0.29) is 5.91 Å². The standard InChI is InChI=1S/C21H24N4O/c1-16-20(22-19-10-6-7-12-25(16)19)21(26)23(2)14-17-11-13-24(15-17)18-8-4-3-5-9-18/h3-10,12,17H,11,13-15H2,1-2H3. The second-order valence-electron chi connectivity index (χ2n) is 7.10. The number of amides is 1. The monoisotopic (exact) mass is 348 g/mol. The van der Waals surface area contributed by atoms with Gasteiger partial charge in [0, 0.05) is 38.6 Å². The Balaban J connectivity index is 1.44. The molecule has 0 N–H and O–H groups in total. The van der Waals surface area contributed by atoms with Crippen molar-refractivity contribution in [3.63, 3.8) is 0 Å². The molecule has 1 aromatic carbocycles. The molecule has 26 heavy (non-hydrogen) atoms. The predicted molar refractivity (Wildman–Crippen MR) is 104 cm³/mol. The molecule has 1 aliphatic heterocycles. The summed E-state index contributed by atoms with van der Waals surface area (Å²) in [5.41, 5.74) is 3.53. The summed E-state index contributed by atoms with van der Waals surface area (Å²) in [6, 6.07) is 16.3. The van der Waals surface area contributed by atoms with E-state index in [4.69, 9.17) is 0 Å². The molecule has 0 bridgehead atoms. The average Bonchev–Trinajstić information content (AvgIpc) is 3.27. The molecule has 5 nitrogen and oxygen atoms in total. The summed E-state index contributed by atoms with van der Waals surface area (Å²) in [7, 11) is 1.89. The molecule has 1 atom stereocenters. The maximum Gasteiger partial charge on any atom is 0.274 e. The number of hydrogen-bond acceptors (Lipinski definition) is 3. The summed E-state index contributed by atoms with van der Waals surface area (Å²) in [6.45, 7) is 4.75. The van der Waals surface area contributed by atoms with Gasteiger partial charge in [-0.3, -0.25) is 4.79 Å². The minimum Gasteiger partial charge on any atom is -0.371 e. The largest absolute Gasteiger partial charge is 0.371 e. The third-order valence-electron chi connectivity index (χ3n) is 5.26. The summed E-state index contributed by atoms with van der Waals surface area (Å²) in [5, 5.41) is 0. The van der Waals surface area contributed by atoms with Gasteiger partial charge in [-0.1, -0.05) is 24.3 Å².